The van der Waals surface area contributed by atoms with E-state index in [0.717, 1.165) is 22.2 Å². The molecule has 3 heterocycles. The van der Waals surface area contributed by atoms with Gasteiger partial charge in [0.25, 0.3) is 5.91 Å². The van der Waals surface area contributed by atoms with Gasteiger partial charge in [-0.15, -0.1) is 11.3 Å². The first kappa shape index (κ1) is 21.6. The van der Waals surface area contributed by atoms with Crippen molar-refractivity contribution in [1.29, 1.82) is 0 Å². The quantitative estimate of drug-likeness (QED) is 0.605. The lowest BCUT2D eigenvalue weighted by atomic mass is 9.95. The molecule has 0 saturated carbocycles. The SMILES string of the molecule is CC[C@H](C)NC(=O)C1CCN(C(=O)c2cc3sccc3n2Cc2ccc(F)cc2)CC1. The molecule has 1 aliphatic rings. The third-order valence-corrected chi connectivity index (χ3v) is 7.00. The number of amides is 2. The minimum absolute atomic E-state index is 0.00806. The number of carbonyl (C=O) groups excluding carboxylic acids is 2. The molecule has 1 N–H and O–H groups in total. The van der Waals surface area contributed by atoms with Crippen LogP contribution in [0.25, 0.3) is 10.2 Å². The Balaban J connectivity index is 1.49. The molecule has 164 valence electrons. The molecule has 0 radical (unpaired) electrons. The van der Waals surface area contributed by atoms with E-state index < -0.39 is 0 Å². The molecule has 2 aromatic heterocycles. The van der Waals surface area contributed by atoms with Gasteiger partial charge >= 0.3 is 0 Å². The number of carbonyl (C=O) groups is 2. The van der Waals surface area contributed by atoms with Gasteiger partial charge in [-0.3, -0.25) is 9.59 Å². The fraction of sp³-hybridized carbons (Fsp3) is 0.417. The van der Waals surface area contributed by atoms with Crippen molar-refractivity contribution < 1.29 is 14.0 Å². The molecule has 7 heteroatoms. The van der Waals surface area contributed by atoms with Gasteiger partial charge in [0.2, 0.25) is 5.91 Å². The minimum atomic E-state index is -0.270. The maximum Gasteiger partial charge on any atom is 0.270 e. The van der Waals surface area contributed by atoms with Crippen LogP contribution in [0.4, 0.5) is 4.39 Å². The maximum absolute atomic E-state index is 13.4. The van der Waals surface area contributed by atoms with Crippen molar-refractivity contribution >= 4 is 33.4 Å². The number of hydrogen-bond acceptors (Lipinski definition) is 3. The highest BCUT2D eigenvalue weighted by Crippen LogP contribution is 2.28. The van der Waals surface area contributed by atoms with Crippen LogP contribution < -0.4 is 5.32 Å². The maximum atomic E-state index is 13.4. The van der Waals surface area contributed by atoms with Gasteiger partial charge < -0.3 is 14.8 Å². The van der Waals surface area contributed by atoms with Crippen molar-refractivity contribution in [3.8, 4) is 0 Å². The van der Waals surface area contributed by atoms with Crippen LogP contribution >= 0.6 is 11.3 Å². The van der Waals surface area contributed by atoms with Crippen molar-refractivity contribution in [2.24, 2.45) is 5.92 Å². The molecule has 31 heavy (non-hydrogen) atoms. The number of benzene rings is 1. The number of aromatic nitrogens is 1. The van der Waals surface area contributed by atoms with Crippen molar-refractivity contribution in [1.82, 2.24) is 14.8 Å². The Morgan fingerprint density at radius 1 is 1.19 bits per heavy atom. The molecular weight excluding hydrogens is 413 g/mol. The van der Waals surface area contributed by atoms with Crippen LogP contribution in [-0.4, -0.2) is 40.4 Å². The van der Waals surface area contributed by atoms with Crippen LogP contribution in [0.1, 0.15) is 49.2 Å². The van der Waals surface area contributed by atoms with E-state index in [1.54, 1.807) is 23.5 Å². The number of nitrogens with zero attached hydrogens (tertiary/aromatic N) is 2. The first-order chi connectivity index (χ1) is 15.0. The predicted octanol–water partition coefficient (Wildman–Crippen LogP) is 4.66. The van der Waals surface area contributed by atoms with Crippen LogP contribution in [-0.2, 0) is 11.3 Å². The monoisotopic (exact) mass is 441 g/mol. The van der Waals surface area contributed by atoms with Crippen molar-refractivity contribution in [2.45, 2.75) is 45.7 Å². The molecule has 2 amide bonds. The number of fused-ring (bicyclic) bond motifs is 1. The van der Waals surface area contributed by atoms with Crippen LogP contribution in [0.15, 0.2) is 41.8 Å². The van der Waals surface area contributed by atoms with Crippen LogP contribution in [0, 0.1) is 11.7 Å². The number of piperidine rings is 1. The molecule has 5 nitrogen and oxygen atoms in total. The summed E-state index contributed by atoms with van der Waals surface area (Å²) in [5.74, 6) is -0.214. The molecular formula is C24H28FN3O2S. The summed E-state index contributed by atoms with van der Waals surface area (Å²) in [6.45, 7) is 5.73. The van der Waals surface area contributed by atoms with Gasteiger partial charge in [0.05, 0.1) is 10.2 Å². The lowest BCUT2D eigenvalue weighted by molar-refractivity contribution is -0.126. The van der Waals surface area contributed by atoms with Crippen LogP contribution in [0.3, 0.4) is 0 Å². The highest BCUT2D eigenvalue weighted by atomic mass is 32.1. The smallest absolute Gasteiger partial charge is 0.270 e. The zero-order valence-electron chi connectivity index (χ0n) is 17.9. The fourth-order valence-electron chi connectivity index (χ4n) is 4.07. The molecule has 4 rings (SSSR count). The topological polar surface area (TPSA) is 54.3 Å². The molecule has 1 aromatic carbocycles. The Morgan fingerprint density at radius 3 is 2.58 bits per heavy atom. The summed E-state index contributed by atoms with van der Waals surface area (Å²) in [7, 11) is 0. The molecule has 3 aromatic rings. The molecule has 0 aliphatic carbocycles. The van der Waals surface area contributed by atoms with Crippen LogP contribution in [0.5, 0.6) is 0 Å². The Bertz CT molecular complexity index is 1060. The average Bonchev–Trinajstić information content (AvgIpc) is 3.37. The molecule has 1 saturated heterocycles. The van der Waals surface area contributed by atoms with Crippen molar-refractivity contribution in [3.05, 3.63) is 58.9 Å². The van der Waals surface area contributed by atoms with Crippen molar-refractivity contribution in [2.75, 3.05) is 13.1 Å². The fourth-order valence-corrected chi connectivity index (χ4v) is 4.89. The zero-order chi connectivity index (χ0) is 22.0. The zero-order valence-corrected chi connectivity index (χ0v) is 18.8. The lowest BCUT2D eigenvalue weighted by Crippen LogP contribution is -2.45. The Morgan fingerprint density at radius 2 is 1.90 bits per heavy atom. The normalized spacial score (nSPS) is 15.9. The standard InChI is InChI=1S/C24H28FN3O2S/c1-3-16(2)26-23(29)18-8-11-27(12-9-18)24(30)21-14-22-20(10-13-31-22)28(21)15-17-4-6-19(25)7-5-17/h4-7,10,13-14,16,18H,3,8-9,11-12,15H2,1-2H3,(H,26,29)/t16-/m0/s1. The predicted molar refractivity (Wildman–Crippen MR) is 122 cm³/mol. The summed E-state index contributed by atoms with van der Waals surface area (Å²) in [5.41, 5.74) is 2.61. The third kappa shape index (κ3) is 4.66. The van der Waals surface area contributed by atoms with Gasteiger partial charge in [0.1, 0.15) is 11.5 Å². The van der Waals surface area contributed by atoms with Gasteiger partial charge in [-0.25, -0.2) is 4.39 Å². The van der Waals surface area contributed by atoms with Gasteiger partial charge in [-0.2, -0.15) is 0 Å². The van der Waals surface area contributed by atoms with E-state index in [-0.39, 0.29) is 29.6 Å². The summed E-state index contributed by atoms with van der Waals surface area (Å²) in [6.07, 6.45) is 2.27. The highest BCUT2D eigenvalue weighted by Gasteiger charge is 2.30. The number of halogens is 1. The summed E-state index contributed by atoms with van der Waals surface area (Å²) < 4.78 is 16.4. The number of likely N-dealkylation sites (tertiary alicyclic amines) is 1. The van der Waals surface area contributed by atoms with E-state index in [2.05, 4.69) is 12.2 Å². The molecule has 0 bridgehead atoms. The van der Waals surface area contributed by atoms with E-state index in [9.17, 15) is 14.0 Å². The third-order valence-electron chi connectivity index (χ3n) is 6.15. The summed E-state index contributed by atoms with van der Waals surface area (Å²) in [4.78, 5) is 27.7. The van der Waals surface area contributed by atoms with Gasteiger partial charge in [0.15, 0.2) is 0 Å². The summed E-state index contributed by atoms with van der Waals surface area (Å²) in [6, 6.07) is 10.5. The van der Waals surface area contributed by atoms with E-state index in [4.69, 9.17) is 0 Å². The largest absolute Gasteiger partial charge is 0.353 e. The molecule has 1 fully saturated rings. The summed E-state index contributed by atoms with van der Waals surface area (Å²) >= 11 is 1.61. The molecule has 1 atom stereocenters. The van der Waals surface area contributed by atoms with Gasteiger partial charge in [0, 0.05) is 31.6 Å². The Kier molecular flexibility index (Phi) is 6.41. The second kappa shape index (κ2) is 9.22. The minimum Gasteiger partial charge on any atom is -0.353 e. The number of nitrogens with one attached hydrogen (secondary N) is 1. The summed E-state index contributed by atoms with van der Waals surface area (Å²) in [5, 5.41) is 5.07. The van der Waals surface area contributed by atoms with Gasteiger partial charge in [-0.1, -0.05) is 19.1 Å². The lowest BCUT2D eigenvalue weighted by Gasteiger charge is -2.32. The van der Waals surface area contributed by atoms with E-state index >= 15 is 0 Å². The first-order valence-electron chi connectivity index (χ1n) is 10.9. The van der Waals surface area contributed by atoms with E-state index in [1.165, 1.54) is 12.1 Å². The number of hydrogen-bond donors (Lipinski definition) is 1. The van der Waals surface area contributed by atoms with Crippen molar-refractivity contribution in [3.63, 3.8) is 0 Å². The van der Waals surface area contributed by atoms with E-state index in [1.807, 2.05) is 33.9 Å². The average molecular weight is 442 g/mol. The molecule has 0 spiro atoms. The number of thiophene rings is 1. The first-order valence-corrected chi connectivity index (χ1v) is 11.7. The molecule has 0 unspecified atom stereocenters. The van der Waals surface area contributed by atoms with E-state index in [0.29, 0.717) is 38.2 Å². The second-order valence-electron chi connectivity index (χ2n) is 8.30. The number of rotatable bonds is 6. The van der Waals surface area contributed by atoms with Gasteiger partial charge in [-0.05, 0) is 61.4 Å². The molecule has 1 aliphatic heterocycles. The highest BCUT2D eigenvalue weighted by molar-refractivity contribution is 7.17. The Labute approximate surface area is 185 Å². The van der Waals surface area contributed by atoms with Crippen LogP contribution in [0.2, 0.25) is 0 Å². The second-order valence-corrected chi connectivity index (χ2v) is 9.24. The Hall–Kier alpha value is -2.67.